The van der Waals surface area contributed by atoms with Gasteiger partial charge in [-0.25, -0.2) is 13.4 Å². The molecule has 0 aliphatic carbocycles. The van der Waals surface area contributed by atoms with E-state index < -0.39 is 10.0 Å². The summed E-state index contributed by atoms with van der Waals surface area (Å²) in [6.07, 6.45) is 2.51. The number of anilines is 1. The Morgan fingerprint density at radius 3 is 2.46 bits per heavy atom. The molecule has 0 N–H and O–H groups in total. The van der Waals surface area contributed by atoms with E-state index >= 15 is 0 Å². The summed E-state index contributed by atoms with van der Waals surface area (Å²) in [6.45, 7) is 7.07. The summed E-state index contributed by atoms with van der Waals surface area (Å²) >= 11 is 1.45. The summed E-state index contributed by atoms with van der Waals surface area (Å²) < 4.78 is 34.4. The van der Waals surface area contributed by atoms with Gasteiger partial charge in [0.15, 0.2) is 5.13 Å². The lowest BCUT2D eigenvalue weighted by molar-refractivity contribution is 0.0986. The molecule has 0 unspecified atom stereocenters. The van der Waals surface area contributed by atoms with Gasteiger partial charge in [-0.3, -0.25) is 9.69 Å². The van der Waals surface area contributed by atoms with Crippen LogP contribution in [0, 0.1) is 5.92 Å². The van der Waals surface area contributed by atoms with E-state index in [1.165, 1.54) is 11.3 Å². The van der Waals surface area contributed by atoms with Gasteiger partial charge in [0, 0.05) is 25.2 Å². The molecule has 1 aliphatic rings. The first-order chi connectivity index (χ1) is 17.7. The first-order valence-electron chi connectivity index (χ1n) is 12.8. The van der Waals surface area contributed by atoms with Crippen molar-refractivity contribution in [2.24, 2.45) is 5.92 Å². The van der Waals surface area contributed by atoms with Crippen LogP contribution in [0.2, 0.25) is 0 Å². The van der Waals surface area contributed by atoms with E-state index in [0.29, 0.717) is 42.9 Å². The van der Waals surface area contributed by atoms with Crippen molar-refractivity contribution in [3.63, 3.8) is 0 Å². The van der Waals surface area contributed by atoms with Crippen molar-refractivity contribution in [1.29, 1.82) is 0 Å². The van der Waals surface area contributed by atoms with Crippen molar-refractivity contribution in [1.82, 2.24) is 14.2 Å². The molecule has 3 aromatic rings. The molecule has 10 heteroatoms. The zero-order chi connectivity index (χ0) is 26.6. The van der Waals surface area contributed by atoms with Crippen molar-refractivity contribution in [2.75, 3.05) is 51.8 Å². The maximum atomic E-state index is 13.7. The second-order valence-electron chi connectivity index (χ2n) is 9.78. The fraction of sp³-hybridized carbons (Fsp3) is 0.481. The molecule has 1 aromatic heterocycles. The minimum Gasteiger partial charge on any atom is -0.494 e. The number of hydrogen-bond donors (Lipinski definition) is 0. The lowest BCUT2D eigenvalue weighted by atomic mass is 10.0. The number of piperidine rings is 1. The first-order valence-corrected chi connectivity index (χ1v) is 15.0. The number of nitrogens with zero attached hydrogens (tertiary/aromatic N) is 4. The second-order valence-corrected chi connectivity index (χ2v) is 12.7. The monoisotopic (exact) mass is 544 g/mol. The minimum atomic E-state index is -3.57. The summed E-state index contributed by atoms with van der Waals surface area (Å²) in [7, 11) is 0.433. The first kappa shape index (κ1) is 27.5. The molecule has 8 nitrogen and oxygen atoms in total. The van der Waals surface area contributed by atoms with Gasteiger partial charge in [0.25, 0.3) is 5.91 Å². The van der Waals surface area contributed by atoms with Crippen LogP contribution < -0.4 is 9.64 Å². The van der Waals surface area contributed by atoms with E-state index in [1.54, 1.807) is 33.5 Å². The van der Waals surface area contributed by atoms with Crippen LogP contribution in [0.4, 0.5) is 5.13 Å². The molecule has 2 heterocycles. The maximum Gasteiger partial charge on any atom is 0.260 e. The Morgan fingerprint density at radius 1 is 1.11 bits per heavy atom. The number of benzene rings is 2. The van der Waals surface area contributed by atoms with Gasteiger partial charge >= 0.3 is 0 Å². The van der Waals surface area contributed by atoms with Gasteiger partial charge in [-0.05, 0) is 95.2 Å². The fourth-order valence-electron chi connectivity index (χ4n) is 4.39. The predicted octanol–water partition coefficient (Wildman–Crippen LogP) is 4.71. The van der Waals surface area contributed by atoms with E-state index in [-0.39, 0.29) is 10.8 Å². The largest absolute Gasteiger partial charge is 0.494 e. The van der Waals surface area contributed by atoms with Gasteiger partial charge in [0.05, 0.1) is 21.7 Å². The lowest BCUT2D eigenvalue weighted by Crippen LogP contribution is -2.38. The van der Waals surface area contributed by atoms with E-state index in [2.05, 4.69) is 11.8 Å². The molecule has 0 bridgehead atoms. The molecular weight excluding hydrogens is 508 g/mol. The third kappa shape index (κ3) is 6.49. The van der Waals surface area contributed by atoms with E-state index in [0.717, 1.165) is 41.8 Å². The van der Waals surface area contributed by atoms with Crippen molar-refractivity contribution in [3.8, 4) is 5.75 Å². The quantitative estimate of drug-likeness (QED) is 0.368. The number of fused-ring (bicyclic) bond motifs is 1. The lowest BCUT2D eigenvalue weighted by Gasteiger charge is -2.29. The van der Waals surface area contributed by atoms with Gasteiger partial charge in [0.1, 0.15) is 5.75 Å². The molecule has 0 saturated carbocycles. The van der Waals surface area contributed by atoms with Gasteiger partial charge in [-0.2, -0.15) is 4.31 Å². The van der Waals surface area contributed by atoms with Crippen LogP contribution in [0.1, 0.15) is 43.5 Å². The number of hydrogen-bond acceptors (Lipinski definition) is 7. The predicted molar refractivity (Wildman–Crippen MR) is 149 cm³/mol. The number of carbonyl (C=O) groups excluding carboxylic acids is 1. The highest BCUT2D eigenvalue weighted by Crippen LogP contribution is 2.33. The van der Waals surface area contributed by atoms with E-state index in [4.69, 9.17) is 9.72 Å². The van der Waals surface area contributed by atoms with Gasteiger partial charge in [-0.1, -0.05) is 18.3 Å². The van der Waals surface area contributed by atoms with E-state index in [9.17, 15) is 13.2 Å². The topological polar surface area (TPSA) is 83.0 Å². The average molecular weight is 545 g/mol. The molecule has 1 amide bonds. The summed E-state index contributed by atoms with van der Waals surface area (Å²) in [5, 5.41) is 0.617. The number of sulfonamides is 1. The van der Waals surface area contributed by atoms with Crippen LogP contribution in [0.3, 0.4) is 0 Å². The Labute approximate surface area is 223 Å². The second kappa shape index (κ2) is 11.9. The summed E-state index contributed by atoms with van der Waals surface area (Å²) in [5.41, 5.74) is 1.25. The summed E-state index contributed by atoms with van der Waals surface area (Å²) in [4.78, 5) is 22.4. The number of aromatic nitrogens is 1. The number of ether oxygens (including phenoxy) is 1. The molecule has 2 aromatic carbocycles. The third-order valence-corrected chi connectivity index (χ3v) is 9.56. The van der Waals surface area contributed by atoms with Crippen molar-refractivity contribution in [2.45, 2.75) is 38.0 Å². The Morgan fingerprint density at radius 2 is 1.81 bits per heavy atom. The van der Waals surface area contributed by atoms with Crippen LogP contribution in [0.15, 0.2) is 47.4 Å². The SMILES string of the molecule is CCOc1ccc2nc(N(CCCN(C)C)C(=O)c3ccc(S(=O)(=O)N4CCC(C)CC4)cc3)sc2c1. The minimum absolute atomic E-state index is 0.196. The Hall–Kier alpha value is -2.53. The van der Waals surface area contributed by atoms with Crippen LogP contribution in [0.5, 0.6) is 5.75 Å². The van der Waals surface area contributed by atoms with Gasteiger partial charge in [-0.15, -0.1) is 0 Å². The molecule has 0 radical (unpaired) electrons. The number of thiazole rings is 1. The molecule has 200 valence electrons. The van der Waals surface area contributed by atoms with Crippen molar-refractivity contribution < 1.29 is 17.9 Å². The number of amides is 1. The molecular formula is C27H36N4O4S2. The molecule has 4 rings (SSSR count). The Balaban J connectivity index is 1.58. The zero-order valence-electron chi connectivity index (χ0n) is 22.0. The highest BCUT2D eigenvalue weighted by molar-refractivity contribution is 7.89. The molecule has 0 atom stereocenters. The third-order valence-electron chi connectivity index (χ3n) is 6.60. The Bertz CT molecular complexity index is 1310. The molecule has 0 spiro atoms. The van der Waals surface area contributed by atoms with Crippen molar-refractivity contribution in [3.05, 3.63) is 48.0 Å². The standard InChI is InChI=1S/C27H36N4O4S2/c1-5-35-22-9-12-24-25(19-22)36-27(28-24)31(16-6-15-29(3)4)26(32)21-7-10-23(11-8-21)37(33,34)30-17-13-20(2)14-18-30/h7-12,19-20H,5-6,13-18H2,1-4H3. The molecule has 1 saturated heterocycles. The summed E-state index contributed by atoms with van der Waals surface area (Å²) in [5.74, 6) is 1.12. The van der Waals surface area contributed by atoms with Crippen LogP contribution >= 0.6 is 11.3 Å². The molecule has 37 heavy (non-hydrogen) atoms. The highest BCUT2D eigenvalue weighted by Gasteiger charge is 2.29. The van der Waals surface area contributed by atoms with Crippen LogP contribution in [0.25, 0.3) is 10.2 Å². The summed E-state index contributed by atoms with van der Waals surface area (Å²) in [6, 6.07) is 12.1. The van der Waals surface area contributed by atoms with E-state index in [1.807, 2.05) is 39.2 Å². The fourth-order valence-corrected chi connectivity index (χ4v) is 6.88. The number of rotatable bonds is 10. The smallest absolute Gasteiger partial charge is 0.260 e. The normalized spacial score (nSPS) is 15.4. The van der Waals surface area contributed by atoms with Crippen molar-refractivity contribution >= 4 is 42.6 Å². The highest BCUT2D eigenvalue weighted by atomic mass is 32.2. The average Bonchev–Trinajstić information content (AvgIpc) is 3.30. The zero-order valence-corrected chi connectivity index (χ0v) is 23.6. The van der Waals surface area contributed by atoms with Crippen LogP contribution in [-0.4, -0.2) is 75.4 Å². The maximum absolute atomic E-state index is 13.7. The van der Waals surface area contributed by atoms with Gasteiger partial charge in [0.2, 0.25) is 10.0 Å². The Kier molecular flexibility index (Phi) is 8.84. The number of carbonyl (C=O) groups is 1. The molecule has 1 fully saturated rings. The van der Waals surface area contributed by atoms with Crippen LogP contribution in [-0.2, 0) is 10.0 Å². The van der Waals surface area contributed by atoms with Gasteiger partial charge < -0.3 is 9.64 Å². The molecule has 1 aliphatic heterocycles.